The van der Waals surface area contributed by atoms with Gasteiger partial charge in [0.2, 0.25) is 0 Å². The second kappa shape index (κ2) is 8.55. The third-order valence-electron chi connectivity index (χ3n) is 4.85. The smallest absolute Gasteiger partial charge is 0.370 e. The molecule has 1 fully saturated rings. The van der Waals surface area contributed by atoms with Crippen LogP contribution in [0.3, 0.4) is 0 Å². The van der Waals surface area contributed by atoms with Gasteiger partial charge in [0, 0.05) is 43.8 Å². The zero-order chi connectivity index (χ0) is 21.9. The maximum absolute atomic E-state index is 12.8. The van der Waals surface area contributed by atoms with E-state index >= 15 is 0 Å². The summed E-state index contributed by atoms with van der Waals surface area (Å²) in [5.41, 5.74) is 0.120. The molecule has 2 amide bonds. The molecule has 0 bridgehead atoms. The zero-order valence-electron chi connectivity index (χ0n) is 16.3. The molecule has 0 aliphatic carbocycles. The number of halogens is 3. The molecule has 6 nitrogen and oxygen atoms in total. The predicted octanol–water partition coefficient (Wildman–Crippen LogP) is 3.85. The molecule has 30 heavy (non-hydrogen) atoms. The second-order valence-electron chi connectivity index (χ2n) is 7.10. The fourth-order valence-electron chi connectivity index (χ4n) is 3.26. The van der Waals surface area contributed by atoms with Gasteiger partial charge >= 0.3 is 12.2 Å². The number of anilines is 2. The Labute approximate surface area is 173 Å². The number of sulfone groups is 1. The number of urea groups is 1. The Morgan fingerprint density at radius 3 is 2.33 bits per heavy atom. The van der Waals surface area contributed by atoms with E-state index in [1.807, 2.05) is 4.90 Å². The van der Waals surface area contributed by atoms with Crippen LogP contribution in [0.15, 0.2) is 53.4 Å². The average molecular weight is 441 g/mol. The van der Waals surface area contributed by atoms with Crippen LogP contribution in [0.25, 0.3) is 0 Å². The Kier molecular flexibility index (Phi) is 6.25. The molecule has 0 atom stereocenters. The average Bonchev–Trinajstić information content (AvgIpc) is 2.93. The summed E-state index contributed by atoms with van der Waals surface area (Å²) in [6, 6.07) is 10.6. The lowest BCUT2D eigenvalue weighted by atomic mass is 10.2. The van der Waals surface area contributed by atoms with Gasteiger partial charge in [-0.2, -0.15) is 13.2 Å². The summed E-state index contributed by atoms with van der Waals surface area (Å²) in [6.45, 7) is 2.04. The van der Waals surface area contributed by atoms with Gasteiger partial charge in [0.05, 0.1) is 10.5 Å². The zero-order valence-corrected chi connectivity index (χ0v) is 17.1. The van der Waals surface area contributed by atoms with Crippen molar-refractivity contribution in [2.75, 3.05) is 42.7 Å². The molecule has 1 aliphatic heterocycles. The topological polar surface area (TPSA) is 69.7 Å². The molecule has 2 aromatic carbocycles. The Hall–Kier alpha value is -2.75. The van der Waals surface area contributed by atoms with E-state index in [2.05, 4.69) is 5.32 Å². The lowest BCUT2D eigenvalue weighted by molar-refractivity contribution is -0.137. The highest BCUT2D eigenvalue weighted by atomic mass is 32.2. The van der Waals surface area contributed by atoms with Crippen LogP contribution in [0.5, 0.6) is 0 Å². The number of carbonyl (C=O) groups excluding carboxylic acids is 1. The van der Waals surface area contributed by atoms with E-state index in [0.29, 0.717) is 32.6 Å². The van der Waals surface area contributed by atoms with Gasteiger partial charge in [-0.3, -0.25) is 0 Å². The molecule has 0 saturated carbocycles. The highest BCUT2D eigenvalue weighted by Gasteiger charge is 2.30. The molecular formula is C20H22F3N3O3S. The molecule has 1 saturated heterocycles. The minimum absolute atomic E-state index is 0.0901. The summed E-state index contributed by atoms with van der Waals surface area (Å²) in [4.78, 5) is 16.4. The third-order valence-corrected chi connectivity index (χ3v) is 5.98. The van der Waals surface area contributed by atoms with Crippen molar-refractivity contribution in [2.24, 2.45) is 0 Å². The highest BCUT2D eigenvalue weighted by Crippen LogP contribution is 2.30. The van der Waals surface area contributed by atoms with Gasteiger partial charge in [0.1, 0.15) is 0 Å². The molecule has 162 valence electrons. The molecule has 0 spiro atoms. The van der Waals surface area contributed by atoms with E-state index < -0.39 is 27.6 Å². The predicted molar refractivity (Wildman–Crippen MR) is 108 cm³/mol. The van der Waals surface area contributed by atoms with Gasteiger partial charge in [-0.25, -0.2) is 13.2 Å². The maximum atomic E-state index is 12.8. The summed E-state index contributed by atoms with van der Waals surface area (Å²) in [6.07, 6.45) is -2.66. The number of amides is 2. The quantitative estimate of drug-likeness (QED) is 0.786. The third kappa shape index (κ3) is 5.44. The van der Waals surface area contributed by atoms with E-state index in [-0.39, 0.29) is 10.6 Å². The van der Waals surface area contributed by atoms with E-state index in [1.165, 1.54) is 12.1 Å². The first-order valence-corrected chi connectivity index (χ1v) is 11.2. The number of rotatable bonds is 3. The molecule has 0 unspecified atom stereocenters. The van der Waals surface area contributed by atoms with Gasteiger partial charge in [-0.05, 0) is 48.9 Å². The van der Waals surface area contributed by atoms with E-state index in [4.69, 9.17) is 0 Å². The Morgan fingerprint density at radius 1 is 1.00 bits per heavy atom. The molecule has 0 radical (unpaired) electrons. The largest absolute Gasteiger partial charge is 0.416 e. The van der Waals surface area contributed by atoms with Crippen molar-refractivity contribution in [3.8, 4) is 0 Å². The lowest BCUT2D eigenvalue weighted by Crippen LogP contribution is -2.38. The fraction of sp³-hybridized carbons (Fsp3) is 0.350. The van der Waals surface area contributed by atoms with Crippen LogP contribution in [0, 0.1) is 0 Å². The summed E-state index contributed by atoms with van der Waals surface area (Å²) in [7, 11) is -3.27. The Bertz CT molecular complexity index is 1010. The maximum Gasteiger partial charge on any atom is 0.416 e. The van der Waals surface area contributed by atoms with Crippen LogP contribution in [-0.2, 0) is 16.0 Å². The van der Waals surface area contributed by atoms with Crippen LogP contribution in [0.2, 0.25) is 0 Å². The summed E-state index contributed by atoms with van der Waals surface area (Å²) in [5.74, 6) is 0. The number of alkyl halides is 3. The van der Waals surface area contributed by atoms with Gasteiger partial charge in [-0.15, -0.1) is 0 Å². The Balaban J connectivity index is 1.63. The van der Waals surface area contributed by atoms with Crippen LogP contribution in [0.1, 0.15) is 12.0 Å². The van der Waals surface area contributed by atoms with Crippen LogP contribution in [0.4, 0.5) is 29.3 Å². The SMILES string of the molecule is CS(=O)(=O)c1ccc(N2CCCN(C(=O)Nc3cccc(C(F)(F)F)c3)CC2)cc1. The lowest BCUT2D eigenvalue weighted by Gasteiger charge is -2.24. The monoisotopic (exact) mass is 441 g/mol. The van der Waals surface area contributed by atoms with E-state index in [9.17, 15) is 26.4 Å². The number of carbonyl (C=O) groups is 1. The number of nitrogens with one attached hydrogen (secondary N) is 1. The molecule has 1 heterocycles. The van der Waals surface area contributed by atoms with Crippen molar-refractivity contribution in [2.45, 2.75) is 17.5 Å². The second-order valence-corrected chi connectivity index (χ2v) is 9.12. The molecule has 0 aromatic heterocycles. The van der Waals surface area contributed by atoms with Gasteiger partial charge in [0.25, 0.3) is 0 Å². The van der Waals surface area contributed by atoms with Gasteiger partial charge < -0.3 is 15.1 Å². The van der Waals surface area contributed by atoms with Crippen LogP contribution in [-0.4, -0.2) is 51.8 Å². The molecule has 1 aliphatic rings. The standard InChI is InChI=1S/C20H22F3N3O3S/c1-30(28,29)18-8-6-17(7-9-18)25-10-3-11-26(13-12-25)19(27)24-16-5-2-4-15(14-16)20(21,22)23/h2,4-9,14H,3,10-13H2,1H3,(H,24,27). The highest BCUT2D eigenvalue weighted by molar-refractivity contribution is 7.90. The van der Waals surface area contributed by atoms with Crippen molar-refractivity contribution in [1.29, 1.82) is 0 Å². The van der Waals surface area contributed by atoms with Crippen molar-refractivity contribution in [1.82, 2.24) is 4.90 Å². The van der Waals surface area contributed by atoms with Crippen LogP contribution < -0.4 is 10.2 Å². The molecule has 3 rings (SSSR count). The van der Waals surface area contributed by atoms with Crippen molar-refractivity contribution >= 4 is 27.2 Å². The first kappa shape index (κ1) is 21.9. The normalized spacial score (nSPS) is 15.6. The molecular weight excluding hydrogens is 419 g/mol. The fourth-order valence-corrected chi connectivity index (χ4v) is 3.89. The minimum atomic E-state index is -4.48. The van der Waals surface area contributed by atoms with Crippen LogP contribution >= 0.6 is 0 Å². The first-order valence-electron chi connectivity index (χ1n) is 9.32. The van der Waals surface area contributed by atoms with Crippen molar-refractivity contribution < 1.29 is 26.4 Å². The Morgan fingerprint density at radius 2 is 1.70 bits per heavy atom. The van der Waals surface area contributed by atoms with Crippen molar-refractivity contribution in [3.05, 3.63) is 54.1 Å². The minimum Gasteiger partial charge on any atom is -0.370 e. The number of hydrogen-bond donors (Lipinski definition) is 1. The number of nitrogens with zero attached hydrogens (tertiary/aromatic N) is 2. The summed E-state index contributed by atoms with van der Waals surface area (Å²) >= 11 is 0. The van der Waals surface area contributed by atoms with Gasteiger partial charge in [0.15, 0.2) is 9.84 Å². The number of hydrogen-bond acceptors (Lipinski definition) is 4. The number of benzene rings is 2. The molecule has 2 aromatic rings. The first-order chi connectivity index (χ1) is 14.0. The van der Waals surface area contributed by atoms with E-state index in [1.54, 1.807) is 29.2 Å². The van der Waals surface area contributed by atoms with Gasteiger partial charge in [-0.1, -0.05) is 6.07 Å². The summed E-state index contributed by atoms with van der Waals surface area (Å²) in [5, 5.41) is 2.53. The molecule has 1 N–H and O–H groups in total. The molecule has 10 heteroatoms. The van der Waals surface area contributed by atoms with Crippen molar-refractivity contribution in [3.63, 3.8) is 0 Å². The summed E-state index contributed by atoms with van der Waals surface area (Å²) < 4.78 is 61.7. The van der Waals surface area contributed by atoms with E-state index in [0.717, 1.165) is 24.1 Å².